The summed E-state index contributed by atoms with van der Waals surface area (Å²) >= 11 is 6.23. The number of nitrogens with zero attached hydrogens (tertiary/aromatic N) is 3. The minimum Gasteiger partial charge on any atom is -0.462 e. The number of piperazine rings is 1. The topological polar surface area (TPSA) is 71.6 Å². The molecular formula is C42H52ClN3O5. The van der Waals surface area contributed by atoms with Gasteiger partial charge in [-0.3, -0.25) is 4.90 Å². The van der Waals surface area contributed by atoms with Crippen molar-refractivity contribution in [2.75, 3.05) is 50.8 Å². The van der Waals surface area contributed by atoms with Crippen LogP contribution in [0.4, 0.5) is 10.5 Å². The van der Waals surface area contributed by atoms with Crippen molar-refractivity contribution in [1.29, 1.82) is 0 Å². The molecule has 272 valence electrons. The van der Waals surface area contributed by atoms with Crippen LogP contribution in [0.15, 0.2) is 66.2 Å². The Bertz CT molecular complexity index is 1770. The van der Waals surface area contributed by atoms with Gasteiger partial charge in [-0.05, 0) is 106 Å². The molecule has 0 radical (unpaired) electrons. The number of ether oxygens (including phenoxy) is 3. The monoisotopic (exact) mass is 713 g/mol. The van der Waals surface area contributed by atoms with Gasteiger partial charge in [0.15, 0.2) is 0 Å². The highest BCUT2D eigenvalue weighted by atomic mass is 35.5. The third kappa shape index (κ3) is 9.08. The maximum atomic E-state index is 13.1. The molecule has 8 nitrogen and oxygen atoms in total. The number of anilines is 1. The van der Waals surface area contributed by atoms with E-state index in [2.05, 4.69) is 35.8 Å². The van der Waals surface area contributed by atoms with Gasteiger partial charge in [-0.1, -0.05) is 55.3 Å². The van der Waals surface area contributed by atoms with E-state index in [-0.39, 0.29) is 18.1 Å². The number of rotatable bonds is 8. The highest BCUT2D eigenvalue weighted by Gasteiger charge is 2.31. The second kappa shape index (κ2) is 15.3. The van der Waals surface area contributed by atoms with Crippen molar-refractivity contribution in [3.8, 4) is 11.5 Å². The molecule has 0 aromatic heterocycles. The number of hydrogen-bond acceptors (Lipinski definition) is 7. The zero-order chi connectivity index (χ0) is 36.3. The Kier molecular flexibility index (Phi) is 11.0. The summed E-state index contributed by atoms with van der Waals surface area (Å²) in [5.41, 5.74) is 7.47. The fourth-order valence-corrected chi connectivity index (χ4v) is 7.46. The molecule has 0 atom stereocenters. The molecule has 1 amide bonds. The van der Waals surface area contributed by atoms with Crippen molar-refractivity contribution < 1.29 is 23.8 Å². The van der Waals surface area contributed by atoms with Crippen molar-refractivity contribution in [2.45, 2.75) is 79.4 Å². The quantitative estimate of drug-likeness (QED) is 0.216. The Labute approximate surface area is 308 Å². The normalized spacial score (nSPS) is 17.9. The van der Waals surface area contributed by atoms with Crippen LogP contribution in [0.5, 0.6) is 11.5 Å². The number of esters is 1. The Balaban J connectivity index is 1.18. The number of fused-ring (bicyclic) bond motifs is 1. The molecule has 6 rings (SSSR count). The van der Waals surface area contributed by atoms with Crippen molar-refractivity contribution >= 4 is 34.9 Å². The molecule has 2 aliphatic heterocycles. The molecular weight excluding hydrogens is 662 g/mol. The van der Waals surface area contributed by atoms with Crippen LogP contribution < -0.4 is 9.64 Å². The Morgan fingerprint density at radius 2 is 1.65 bits per heavy atom. The zero-order valence-corrected chi connectivity index (χ0v) is 31.8. The molecule has 0 N–H and O–H groups in total. The van der Waals surface area contributed by atoms with E-state index >= 15 is 0 Å². The van der Waals surface area contributed by atoms with Gasteiger partial charge >= 0.3 is 12.1 Å². The number of amides is 1. The molecule has 1 fully saturated rings. The molecule has 3 aromatic carbocycles. The highest BCUT2D eigenvalue weighted by Crippen LogP contribution is 2.43. The third-order valence-corrected chi connectivity index (χ3v) is 10.3. The van der Waals surface area contributed by atoms with Crippen LogP contribution in [0.3, 0.4) is 0 Å². The summed E-state index contributed by atoms with van der Waals surface area (Å²) in [6, 6.07) is 20.0. The van der Waals surface area contributed by atoms with Crippen LogP contribution in [0, 0.1) is 5.41 Å². The lowest BCUT2D eigenvalue weighted by Crippen LogP contribution is -2.47. The van der Waals surface area contributed by atoms with Crippen molar-refractivity contribution in [1.82, 2.24) is 9.80 Å². The van der Waals surface area contributed by atoms with Crippen LogP contribution in [0.2, 0.25) is 5.02 Å². The van der Waals surface area contributed by atoms with Gasteiger partial charge in [-0.15, -0.1) is 0 Å². The summed E-state index contributed by atoms with van der Waals surface area (Å²) in [6.07, 6.45) is 3.68. The van der Waals surface area contributed by atoms with Crippen LogP contribution in [0.25, 0.3) is 5.57 Å². The second-order valence-corrected chi connectivity index (χ2v) is 16.2. The van der Waals surface area contributed by atoms with Gasteiger partial charge in [-0.2, -0.15) is 0 Å². The minimum atomic E-state index is -0.560. The zero-order valence-electron chi connectivity index (χ0n) is 31.0. The summed E-state index contributed by atoms with van der Waals surface area (Å²) < 4.78 is 17.6. The number of carbonyl (C=O) groups excluding carboxylic acids is 2. The Morgan fingerprint density at radius 1 is 0.902 bits per heavy atom. The third-order valence-electron chi connectivity index (χ3n) is 10.1. The number of carbonyl (C=O) groups is 2. The van der Waals surface area contributed by atoms with E-state index < -0.39 is 11.6 Å². The molecule has 0 saturated carbocycles. The first kappa shape index (κ1) is 36.8. The van der Waals surface area contributed by atoms with Gasteiger partial charge in [-0.25, -0.2) is 9.59 Å². The van der Waals surface area contributed by atoms with Crippen molar-refractivity contribution in [3.63, 3.8) is 0 Å². The molecule has 1 aliphatic carbocycles. The highest BCUT2D eigenvalue weighted by molar-refractivity contribution is 6.30. The van der Waals surface area contributed by atoms with Crippen LogP contribution in [-0.4, -0.2) is 73.3 Å². The first-order valence-corrected chi connectivity index (χ1v) is 18.7. The van der Waals surface area contributed by atoms with Gasteiger partial charge in [0.2, 0.25) is 0 Å². The van der Waals surface area contributed by atoms with E-state index in [1.807, 2.05) is 69.3 Å². The summed E-state index contributed by atoms with van der Waals surface area (Å²) in [5.74, 6) is 0.744. The maximum Gasteiger partial charge on any atom is 0.410 e. The molecule has 0 bridgehead atoms. The first-order valence-electron chi connectivity index (χ1n) is 18.3. The second-order valence-electron chi connectivity index (χ2n) is 15.7. The smallest absolute Gasteiger partial charge is 0.410 e. The molecule has 9 heteroatoms. The predicted octanol–water partition coefficient (Wildman–Crippen LogP) is 9.39. The van der Waals surface area contributed by atoms with Gasteiger partial charge in [0.1, 0.15) is 22.7 Å². The van der Waals surface area contributed by atoms with Gasteiger partial charge in [0.25, 0.3) is 0 Å². The number of hydrogen-bond donors (Lipinski definition) is 0. The molecule has 2 heterocycles. The average Bonchev–Trinajstić information content (AvgIpc) is 3.09. The SMILES string of the molecule is CCOC(=O)c1ccc(N2CCN(CC3=C(c4ccc(Cl)cc4)CC(C)(C)CC3)CC2)cc1Oc1cccc2c1CCN(C(=O)OC(C)(C)C)C2. The summed E-state index contributed by atoms with van der Waals surface area (Å²) in [6.45, 7) is 18.0. The van der Waals surface area contributed by atoms with Crippen molar-refractivity contribution in [3.05, 3.63) is 93.5 Å². The summed E-state index contributed by atoms with van der Waals surface area (Å²) in [5, 5.41) is 0.769. The Morgan fingerprint density at radius 3 is 2.35 bits per heavy atom. The van der Waals surface area contributed by atoms with Crippen LogP contribution in [0.1, 0.15) is 87.9 Å². The standard InChI is InChI=1S/C42H52ClN3O5/c1-7-49-39(47)35-16-15-33(25-38(35)50-37-10-8-9-30-28-46(20-18-34(30)37)40(48)51-41(2,3)4)45-23-21-44(22-24-45)27-31-17-19-42(5,6)26-36(31)29-11-13-32(43)14-12-29/h8-16,25H,7,17-24,26-28H2,1-6H3. The van der Waals surface area contributed by atoms with E-state index in [0.29, 0.717) is 36.6 Å². The van der Waals surface area contributed by atoms with Crippen LogP contribution in [-0.2, 0) is 22.4 Å². The Hall–Kier alpha value is -4.01. The van der Waals surface area contributed by atoms with Crippen LogP contribution >= 0.6 is 11.6 Å². The molecule has 0 unspecified atom stereocenters. The predicted molar refractivity (Wildman–Crippen MR) is 204 cm³/mol. The number of allylic oxidation sites excluding steroid dienone is 1. The average molecular weight is 714 g/mol. The lowest BCUT2D eigenvalue weighted by atomic mass is 9.72. The van der Waals surface area contributed by atoms with E-state index in [0.717, 1.165) is 67.4 Å². The molecule has 1 saturated heterocycles. The maximum absolute atomic E-state index is 13.1. The van der Waals surface area contributed by atoms with E-state index in [1.54, 1.807) is 17.4 Å². The van der Waals surface area contributed by atoms with Gasteiger partial charge in [0, 0.05) is 68.2 Å². The molecule has 3 aliphatic rings. The summed E-state index contributed by atoms with van der Waals surface area (Å²) in [7, 11) is 0. The lowest BCUT2D eigenvalue weighted by Gasteiger charge is -2.39. The fourth-order valence-electron chi connectivity index (χ4n) is 7.34. The van der Waals surface area contributed by atoms with E-state index in [9.17, 15) is 9.59 Å². The fraction of sp³-hybridized carbons (Fsp3) is 0.476. The van der Waals surface area contributed by atoms with Gasteiger partial charge < -0.3 is 24.0 Å². The largest absolute Gasteiger partial charge is 0.462 e. The number of benzene rings is 3. The minimum absolute atomic E-state index is 0.275. The van der Waals surface area contributed by atoms with E-state index in [1.165, 1.54) is 17.6 Å². The van der Waals surface area contributed by atoms with E-state index in [4.69, 9.17) is 25.8 Å². The van der Waals surface area contributed by atoms with Gasteiger partial charge in [0.05, 0.1) is 6.61 Å². The first-order chi connectivity index (χ1) is 24.3. The lowest BCUT2D eigenvalue weighted by molar-refractivity contribution is 0.0222. The molecule has 3 aromatic rings. The number of halogens is 1. The molecule has 51 heavy (non-hydrogen) atoms. The summed E-state index contributed by atoms with van der Waals surface area (Å²) in [4.78, 5) is 32.6. The molecule has 0 spiro atoms. The van der Waals surface area contributed by atoms with Crippen molar-refractivity contribution in [2.24, 2.45) is 5.41 Å².